The largest absolute Gasteiger partial charge is 0.396 e. The third kappa shape index (κ3) is 3.08. The number of aromatic nitrogens is 3. The van der Waals surface area contributed by atoms with Crippen LogP contribution in [0.3, 0.4) is 0 Å². The van der Waals surface area contributed by atoms with E-state index in [-0.39, 0.29) is 12.2 Å². The lowest BCUT2D eigenvalue weighted by Gasteiger charge is -2.08. The molecule has 20 heavy (non-hydrogen) atoms. The highest BCUT2D eigenvalue weighted by Gasteiger charge is 2.18. The molecule has 0 atom stereocenters. The van der Waals surface area contributed by atoms with Crippen LogP contribution in [0.2, 0.25) is 0 Å². The van der Waals surface area contributed by atoms with Gasteiger partial charge in [0.05, 0.1) is 11.9 Å². The molecule has 0 saturated carbocycles. The minimum atomic E-state index is -1.04. The molecule has 0 unspecified atom stereocenters. The highest BCUT2D eigenvalue weighted by molar-refractivity contribution is 5.95. The second-order valence-corrected chi connectivity index (χ2v) is 4.10. The number of hydrogen-bond donors (Lipinski definition) is 2. The van der Waals surface area contributed by atoms with Crippen molar-refractivity contribution in [1.82, 2.24) is 20.3 Å². The van der Waals surface area contributed by atoms with Crippen LogP contribution in [-0.4, -0.2) is 27.4 Å². The Morgan fingerprint density at radius 1 is 1.40 bits per heavy atom. The van der Waals surface area contributed by atoms with Gasteiger partial charge in [0.2, 0.25) is 0 Å². The van der Waals surface area contributed by atoms with Crippen LogP contribution in [0.1, 0.15) is 16.8 Å². The number of carbonyl (C=O) groups is 1. The topological polar surface area (TPSA) is 85.8 Å². The molecule has 1 aromatic carbocycles. The summed E-state index contributed by atoms with van der Waals surface area (Å²) >= 11 is 0. The number of halogens is 2. The van der Waals surface area contributed by atoms with Crippen LogP contribution in [-0.2, 0) is 6.54 Å². The molecule has 2 rings (SSSR count). The van der Waals surface area contributed by atoms with Gasteiger partial charge in [0.15, 0.2) is 5.82 Å². The van der Waals surface area contributed by atoms with Crippen LogP contribution < -0.4 is 11.1 Å². The van der Waals surface area contributed by atoms with E-state index >= 15 is 0 Å². The first-order valence-electron chi connectivity index (χ1n) is 5.95. The van der Waals surface area contributed by atoms with Gasteiger partial charge in [-0.1, -0.05) is 5.21 Å². The summed E-state index contributed by atoms with van der Waals surface area (Å²) < 4.78 is 28.6. The molecule has 1 aromatic heterocycles. The van der Waals surface area contributed by atoms with E-state index in [2.05, 4.69) is 15.6 Å². The normalized spacial score (nSPS) is 10.5. The van der Waals surface area contributed by atoms with Crippen LogP contribution in [0.4, 0.5) is 14.5 Å². The first-order valence-corrected chi connectivity index (χ1v) is 5.95. The number of amides is 1. The van der Waals surface area contributed by atoms with Crippen molar-refractivity contribution in [2.75, 3.05) is 12.3 Å². The van der Waals surface area contributed by atoms with Crippen molar-refractivity contribution >= 4 is 11.6 Å². The Morgan fingerprint density at radius 2 is 2.20 bits per heavy atom. The smallest absolute Gasteiger partial charge is 0.257 e. The minimum absolute atomic E-state index is 0.256. The predicted molar refractivity (Wildman–Crippen MR) is 67.7 cm³/mol. The molecule has 0 fully saturated rings. The zero-order valence-electron chi connectivity index (χ0n) is 10.5. The second kappa shape index (κ2) is 6.09. The van der Waals surface area contributed by atoms with E-state index in [0.29, 0.717) is 13.0 Å². The molecule has 3 N–H and O–H groups in total. The number of nitrogen functional groups attached to an aromatic ring is 1. The number of nitrogens with zero attached hydrogens (tertiary/aromatic N) is 3. The number of nitrogens with two attached hydrogens (primary N) is 1. The number of nitrogens with one attached hydrogen (secondary N) is 1. The fourth-order valence-electron chi connectivity index (χ4n) is 1.66. The van der Waals surface area contributed by atoms with E-state index in [4.69, 9.17) is 5.73 Å². The molecule has 1 amide bonds. The van der Waals surface area contributed by atoms with E-state index in [1.54, 1.807) is 10.9 Å². The van der Waals surface area contributed by atoms with E-state index in [1.807, 2.05) is 0 Å². The number of benzene rings is 1. The third-order valence-corrected chi connectivity index (χ3v) is 2.67. The van der Waals surface area contributed by atoms with Gasteiger partial charge in [-0.25, -0.2) is 8.78 Å². The van der Waals surface area contributed by atoms with Crippen molar-refractivity contribution in [3.8, 4) is 0 Å². The van der Waals surface area contributed by atoms with Crippen molar-refractivity contribution in [3.63, 3.8) is 0 Å². The van der Waals surface area contributed by atoms with Crippen molar-refractivity contribution in [1.29, 1.82) is 0 Å². The van der Waals surface area contributed by atoms with Gasteiger partial charge in [0.25, 0.3) is 5.91 Å². The summed E-state index contributed by atoms with van der Waals surface area (Å²) in [6.45, 7) is 0.800. The van der Waals surface area contributed by atoms with Crippen molar-refractivity contribution in [2.45, 2.75) is 13.0 Å². The lowest BCUT2D eigenvalue weighted by Crippen LogP contribution is -2.27. The van der Waals surface area contributed by atoms with Gasteiger partial charge in [0.1, 0.15) is 11.4 Å². The van der Waals surface area contributed by atoms with Gasteiger partial charge in [-0.05, 0) is 18.6 Å². The molecule has 0 aliphatic heterocycles. The fraction of sp³-hybridized carbons (Fsp3) is 0.250. The molecule has 6 nitrogen and oxygen atoms in total. The monoisotopic (exact) mass is 281 g/mol. The Balaban J connectivity index is 1.90. The highest BCUT2D eigenvalue weighted by Crippen LogP contribution is 2.18. The molecular formula is C12H13F2N5O. The number of anilines is 1. The minimum Gasteiger partial charge on any atom is -0.396 e. The lowest BCUT2D eigenvalue weighted by atomic mass is 10.1. The van der Waals surface area contributed by atoms with Crippen molar-refractivity contribution in [3.05, 3.63) is 41.7 Å². The van der Waals surface area contributed by atoms with Gasteiger partial charge in [-0.15, -0.1) is 5.10 Å². The SMILES string of the molecule is Nc1ccc(F)c(C(=O)NCCCn2ccnn2)c1F. The quantitative estimate of drug-likeness (QED) is 0.631. The number of rotatable bonds is 5. The molecular weight excluding hydrogens is 268 g/mol. The molecule has 106 valence electrons. The summed E-state index contributed by atoms with van der Waals surface area (Å²) in [5, 5.41) is 9.81. The molecule has 1 heterocycles. The summed E-state index contributed by atoms with van der Waals surface area (Å²) in [7, 11) is 0. The molecule has 0 bridgehead atoms. The number of carbonyl (C=O) groups excluding carboxylic acids is 1. The molecule has 0 saturated heterocycles. The first kappa shape index (κ1) is 13.9. The summed E-state index contributed by atoms with van der Waals surface area (Å²) in [5.74, 6) is -2.81. The predicted octanol–water partition coefficient (Wildman–Crippen LogP) is 0.959. The standard InChI is InChI=1S/C12H13F2N5O/c13-8-2-3-9(15)11(14)10(8)12(20)16-4-1-6-19-7-5-17-18-19/h2-3,5,7H,1,4,6,15H2,(H,16,20). The molecule has 0 radical (unpaired) electrons. The van der Waals surface area contributed by atoms with E-state index in [9.17, 15) is 13.6 Å². The van der Waals surface area contributed by atoms with Crippen LogP contribution in [0.15, 0.2) is 24.5 Å². The van der Waals surface area contributed by atoms with Crippen LogP contribution in [0.5, 0.6) is 0 Å². The molecule has 0 aliphatic carbocycles. The van der Waals surface area contributed by atoms with E-state index in [0.717, 1.165) is 12.1 Å². The maximum absolute atomic E-state index is 13.6. The zero-order valence-corrected chi connectivity index (χ0v) is 10.5. The maximum Gasteiger partial charge on any atom is 0.257 e. The summed E-state index contributed by atoms with van der Waals surface area (Å²) in [4.78, 5) is 11.7. The molecule has 2 aromatic rings. The van der Waals surface area contributed by atoms with Crippen LogP contribution in [0, 0.1) is 11.6 Å². The number of aryl methyl sites for hydroxylation is 1. The van der Waals surface area contributed by atoms with Crippen molar-refractivity contribution < 1.29 is 13.6 Å². The van der Waals surface area contributed by atoms with Gasteiger partial charge in [-0.2, -0.15) is 0 Å². The molecule has 8 heteroatoms. The van der Waals surface area contributed by atoms with E-state index in [1.165, 1.54) is 6.20 Å². The number of hydrogen-bond acceptors (Lipinski definition) is 4. The molecule has 0 aliphatic rings. The third-order valence-electron chi connectivity index (χ3n) is 2.67. The van der Waals surface area contributed by atoms with Gasteiger partial charge in [0, 0.05) is 19.3 Å². The average molecular weight is 281 g/mol. The Bertz CT molecular complexity index is 600. The summed E-state index contributed by atoms with van der Waals surface area (Å²) in [6, 6.07) is 2.04. The average Bonchev–Trinajstić information content (AvgIpc) is 2.93. The lowest BCUT2D eigenvalue weighted by molar-refractivity contribution is 0.0944. The van der Waals surface area contributed by atoms with E-state index < -0.39 is 23.1 Å². The summed E-state index contributed by atoms with van der Waals surface area (Å²) in [5.41, 5.74) is 4.38. The Hall–Kier alpha value is -2.51. The fourth-order valence-corrected chi connectivity index (χ4v) is 1.66. The van der Waals surface area contributed by atoms with Crippen molar-refractivity contribution in [2.24, 2.45) is 0 Å². The Morgan fingerprint density at radius 3 is 2.90 bits per heavy atom. The van der Waals surface area contributed by atoms with Gasteiger partial charge in [-0.3, -0.25) is 9.48 Å². The summed E-state index contributed by atoms with van der Waals surface area (Å²) in [6.07, 6.45) is 3.77. The Labute approximate surface area is 113 Å². The molecule has 0 spiro atoms. The highest BCUT2D eigenvalue weighted by atomic mass is 19.1. The van der Waals surface area contributed by atoms with Gasteiger partial charge >= 0.3 is 0 Å². The second-order valence-electron chi connectivity index (χ2n) is 4.10. The zero-order chi connectivity index (χ0) is 14.5. The first-order chi connectivity index (χ1) is 9.59. The Kier molecular flexibility index (Phi) is 4.24. The van der Waals surface area contributed by atoms with Crippen LogP contribution >= 0.6 is 0 Å². The maximum atomic E-state index is 13.6. The van der Waals surface area contributed by atoms with Gasteiger partial charge < -0.3 is 11.1 Å². The van der Waals surface area contributed by atoms with Crippen LogP contribution in [0.25, 0.3) is 0 Å².